The van der Waals surface area contributed by atoms with E-state index in [1.807, 2.05) is 42.5 Å². The summed E-state index contributed by atoms with van der Waals surface area (Å²) in [6, 6.07) is 14.0. The first-order valence-electron chi connectivity index (χ1n) is 7.54. The van der Waals surface area contributed by atoms with Crippen molar-refractivity contribution in [3.63, 3.8) is 0 Å². The Labute approximate surface area is 143 Å². The van der Waals surface area contributed by atoms with Gasteiger partial charge < -0.3 is 4.74 Å². The molecule has 2 aromatic carbocycles. The first-order valence-corrected chi connectivity index (χ1v) is 8.53. The molecule has 1 aliphatic rings. The molecule has 0 spiro atoms. The zero-order valence-corrected chi connectivity index (χ0v) is 13.9. The Morgan fingerprint density at radius 2 is 2.04 bits per heavy atom. The van der Waals surface area contributed by atoms with Gasteiger partial charge in [0.1, 0.15) is 5.70 Å². The topological polar surface area (TPSA) is 67.8 Å². The van der Waals surface area contributed by atoms with Crippen LogP contribution in [0.25, 0.3) is 16.8 Å². The van der Waals surface area contributed by atoms with Gasteiger partial charge in [-0.15, -0.1) is 0 Å². The number of amides is 1. The van der Waals surface area contributed by atoms with Gasteiger partial charge in [-0.1, -0.05) is 48.2 Å². The molecule has 0 radical (unpaired) electrons. The molecule has 1 aliphatic heterocycles. The fourth-order valence-electron chi connectivity index (χ4n) is 2.30. The van der Waals surface area contributed by atoms with Crippen molar-refractivity contribution in [2.45, 2.75) is 6.92 Å². The molecule has 5 nitrogen and oxygen atoms in total. The summed E-state index contributed by atoms with van der Waals surface area (Å²) in [5.74, 6) is -0.475. The van der Waals surface area contributed by atoms with Gasteiger partial charge in [0.15, 0.2) is 5.17 Å². The third-order valence-electron chi connectivity index (χ3n) is 3.38. The van der Waals surface area contributed by atoms with E-state index in [2.05, 4.69) is 10.3 Å². The van der Waals surface area contributed by atoms with Crippen LogP contribution in [0.2, 0.25) is 0 Å². The maximum Gasteiger partial charge on any atom is 0.316 e. The normalized spacial score (nSPS) is 15.5. The Bertz CT molecular complexity index is 858. The number of benzene rings is 2. The maximum atomic E-state index is 12.0. The smallest absolute Gasteiger partial charge is 0.316 e. The molecule has 3 rings (SSSR count). The van der Waals surface area contributed by atoms with Gasteiger partial charge >= 0.3 is 5.97 Å². The van der Waals surface area contributed by atoms with Crippen LogP contribution in [-0.4, -0.2) is 29.4 Å². The van der Waals surface area contributed by atoms with Crippen molar-refractivity contribution in [1.29, 1.82) is 0 Å². The van der Waals surface area contributed by atoms with Gasteiger partial charge in [-0.25, -0.2) is 4.99 Å². The van der Waals surface area contributed by atoms with E-state index < -0.39 is 0 Å². The Kier molecular flexibility index (Phi) is 4.96. The number of carbonyl (C=O) groups excluding carboxylic acids is 2. The van der Waals surface area contributed by atoms with Gasteiger partial charge in [-0.3, -0.25) is 14.9 Å². The summed E-state index contributed by atoms with van der Waals surface area (Å²) >= 11 is 1.16. The summed E-state index contributed by atoms with van der Waals surface area (Å²) in [6.07, 6.45) is 1.74. The number of hydrogen-bond acceptors (Lipinski definition) is 5. The minimum Gasteiger partial charge on any atom is -0.465 e. The van der Waals surface area contributed by atoms with Gasteiger partial charge in [0.05, 0.1) is 12.4 Å². The lowest BCUT2D eigenvalue weighted by Crippen LogP contribution is -2.23. The lowest BCUT2D eigenvalue weighted by Gasteiger charge is -2.00. The molecule has 1 heterocycles. The number of nitrogens with zero attached hydrogens (tertiary/aromatic N) is 1. The lowest BCUT2D eigenvalue weighted by atomic mass is 10.1. The molecule has 1 amide bonds. The van der Waals surface area contributed by atoms with Crippen LogP contribution in [0.1, 0.15) is 12.5 Å². The summed E-state index contributed by atoms with van der Waals surface area (Å²) in [4.78, 5) is 27.6. The van der Waals surface area contributed by atoms with Crippen LogP contribution in [0.4, 0.5) is 0 Å². The molecular weight excluding hydrogens is 324 g/mol. The number of thioether (sulfide) groups is 1. The fourth-order valence-corrected chi connectivity index (χ4v) is 2.97. The van der Waals surface area contributed by atoms with Gasteiger partial charge in [0, 0.05) is 0 Å². The van der Waals surface area contributed by atoms with Crippen molar-refractivity contribution in [1.82, 2.24) is 5.32 Å². The average molecular weight is 340 g/mol. The highest BCUT2D eigenvalue weighted by molar-refractivity contribution is 8.14. The van der Waals surface area contributed by atoms with Crippen molar-refractivity contribution in [2.75, 3.05) is 12.4 Å². The second kappa shape index (κ2) is 7.31. The van der Waals surface area contributed by atoms with E-state index in [0.717, 1.165) is 28.1 Å². The number of fused-ring (bicyclic) bond motifs is 1. The maximum absolute atomic E-state index is 12.0. The highest BCUT2D eigenvalue weighted by Gasteiger charge is 2.21. The van der Waals surface area contributed by atoms with Gasteiger partial charge in [0.2, 0.25) is 0 Å². The second-order valence-corrected chi connectivity index (χ2v) is 6.06. The predicted octanol–water partition coefficient (Wildman–Crippen LogP) is 2.96. The quantitative estimate of drug-likeness (QED) is 0.686. The summed E-state index contributed by atoms with van der Waals surface area (Å²) < 4.78 is 4.85. The Morgan fingerprint density at radius 3 is 2.83 bits per heavy atom. The van der Waals surface area contributed by atoms with Crippen molar-refractivity contribution in [2.24, 2.45) is 4.99 Å². The molecular formula is C18H16N2O3S. The average Bonchev–Trinajstić information content (AvgIpc) is 2.93. The number of aliphatic imine (C=N–C) groups is 1. The minimum atomic E-state index is -0.327. The van der Waals surface area contributed by atoms with E-state index >= 15 is 0 Å². The Balaban J connectivity index is 1.75. The zero-order chi connectivity index (χ0) is 16.9. The monoisotopic (exact) mass is 340 g/mol. The molecule has 0 bridgehead atoms. The zero-order valence-electron chi connectivity index (χ0n) is 13.1. The molecule has 0 saturated carbocycles. The summed E-state index contributed by atoms with van der Waals surface area (Å²) in [5, 5.41) is 5.32. The van der Waals surface area contributed by atoms with E-state index in [1.54, 1.807) is 13.0 Å². The van der Waals surface area contributed by atoms with Crippen LogP contribution in [0.3, 0.4) is 0 Å². The van der Waals surface area contributed by atoms with Crippen LogP contribution in [0.15, 0.2) is 53.2 Å². The van der Waals surface area contributed by atoms with Crippen LogP contribution in [0.5, 0.6) is 0 Å². The lowest BCUT2D eigenvalue weighted by molar-refractivity contribution is -0.139. The summed E-state index contributed by atoms with van der Waals surface area (Å²) in [6.45, 7) is 2.09. The first kappa shape index (κ1) is 16.3. The SMILES string of the molecule is CCOC(=O)CSC1=N/C(=C/c2ccc3ccccc3c2)C(=O)N1. The van der Waals surface area contributed by atoms with Crippen molar-refractivity contribution < 1.29 is 14.3 Å². The van der Waals surface area contributed by atoms with E-state index in [1.165, 1.54) is 0 Å². The van der Waals surface area contributed by atoms with E-state index in [-0.39, 0.29) is 17.6 Å². The molecule has 0 saturated heterocycles. The molecule has 6 heteroatoms. The molecule has 24 heavy (non-hydrogen) atoms. The first-order chi connectivity index (χ1) is 11.7. The number of ether oxygens (including phenoxy) is 1. The number of nitrogens with one attached hydrogen (secondary N) is 1. The second-order valence-electron chi connectivity index (χ2n) is 5.10. The number of amidine groups is 1. The molecule has 0 unspecified atom stereocenters. The van der Waals surface area contributed by atoms with Gasteiger partial charge in [-0.05, 0) is 35.4 Å². The van der Waals surface area contributed by atoms with Crippen LogP contribution < -0.4 is 5.32 Å². The van der Waals surface area contributed by atoms with Crippen molar-refractivity contribution in [3.8, 4) is 0 Å². The third kappa shape index (κ3) is 3.83. The molecule has 0 aliphatic carbocycles. The molecule has 1 N–H and O–H groups in total. The van der Waals surface area contributed by atoms with Crippen LogP contribution in [0, 0.1) is 0 Å². The molecule has 122 valence electrons. The minimum absolute atomic E-state index is 0.121. The third-order valence-corrected chi connectivity index (χ3v) is 4.23. The number of rotatable bonds is 4. The number of hydrogen-bond donors (Lipinski definition) is 1. The number of carbonyl (C=O) groups is 2. The highest BCUT2D eigenvalue weighted by atomic mass is 32.2. The van der Waals surface area contributed by atoms with Crippen molar-refractivity contribution >= 4 is 45.7 Å². The molecule has 0 atom stereocenters. The molecule has 0 aromatic heterocycles. The largest absolute Gasteiger partial charge is 0.465 e. The van der Waals surface area contributed by atoms with E-state index in [9.17, 15) is 9.59 Å². The Hall–Kier alpha value is -2.60. The molecule has 2 aromatic rings. The highest BCUT2D eigenvalue weighted by Crippen LogP contribution is 2.20. The summed E-state index contributed by atoms with van der Waals surface area (Å²) in [5.41, 5.74) is 1.23. The van der Waals surface area contributed by atoms with Gasteiger partial charge in [-0.2, -0.15) is 0 Å². The van der Waals surface area contributed by atoms with Crippen LogP contribution in [-0.2, 0) is 14.3 Å². The standard InChI is InChI=1S/C18H16N2O3S/c1-2-23-16(21)11-24-18-19-15(17(22)20-18)10-12-7-8-13-5-3-4-6-14(13)9-12/h3-10H,2,11H2,1H3,(H,19,20,22)/b15-10+. The predicted molar refractivity (Wildman–Crippen MR) is 96.6 cm³/mol. The summed E-state index contributed by atoms with van der Waals surface area (Å²) in [7, 11) is 0. The van der Waals surface area contributed by atoms with Crippen LogP contribution >= 0.6 is 11.8 Å². The molecule has 0 fully saturated rings. The Morgan fingerprint density at radius 1 is 1.25 bits per heavy atom. The fraction of sp³-hybridized carbons (Fsp3) is 0.167. The van der Waals surface area contributed by atoms with E-state index in [4.69, 9.17) is 4.74 Å². The van der Waals surface area contributed by atoms with Crippen molar-refractivity contribution in [3.05, 3.63) is 53.7 Å². The number of esters is 1. The van der Waals surface area contributed by atoms with E-state index in [0.29, 0.717) is 17.5 Å². The van der Waals surface area contributed by atoms with Gasteiger partial charge in [0.25, 0.3) is 5.91 Å².